The van der Waals surface area contributed by atoms with Gasteiger partial charge in [-0.1, -0.05) is 13.8 Å². The number of thiazole rings is 1. The minimum atomic E-state index is 0.637. The van der Waals surface area contributed by atoms with Crippen molar-refractivity contribution >= 4 is 16.5 Å². The lowest BCUT2D eigenvalue weighted by Crippen LogP contribution is -2.07. The molecule has 2 aromatic heterocycles. The van der Waals surface area contributed by atoms with Crippen LogP contribution >= 0.6 is 11.3 Å². The average molecular weight is 277 g/mol. The molecule has 0 aromatic carbocycles. The molecular formula is C15H23N3S. The topological polar surface area (TPSA) is 29.9 Å². The minimum Gasteiger partial charge on any atom is -0.361 e. The Kier molecular flexibility index (Phi) is 4.30. The zero-order valence-electron chi connectivity index (χ0n) is 12.4. The molecular weight excluding hydrogens is 254 g/mol. The first-order valence-corrected chi connectivity index (χ1v) is 7.77. The van der Waals surface area contributed by atoms with E-state index in [9.17, 15) is 0 Å². The van der Waals surface area contributed by atoms with Crippen LogP contribution in [0.1, 0.15) is 32.2 Å². The molecule has 104 valence electrons. The van der Waals surface area contributed by atoms with Crippen molar-refractivity contribution in [1.29, 1.82) is 0 Å². The Hall–Kier alpha value is -1.29. The van der Waals surface area contributed by atoms with Crippen molar-refractivity contribution in [2.75, 3.05) is 11.9 Å². The number of nitrogens with one attached hydrogen (secondary N) is 1. The lowest BCUT2D eigenvalue weighted by atomic mass is 10.2. The van der Waals surface area contributed by atoms with Gasteiger partial charge in [-0.15, -0.1) is 11.3 Å². The summed E-state index contributed by atoms with van der Waals surface area (Å²) >= 11 is 1.69. The summed E-state index contributed by atoms with van der Waals surface area (Å²) in [6.45, 7) is 12.9. The maximum atomic E-state index is 4.70. The van der Waals surface area contributed by atoms with Crippen LogP contribution in [0.3, 0.4) is 0 Å². The smallest absolute Gasteiger partial charge is 0.183 e. The van der Waals surface area contributed by atoms with Gasteiger partial charge in [-0.05, 0) is 32.8 Å². The third-order valence-corrected chi connectivity index (χ3v) is 4.13. The van der Waals surface area contributed by atoms with E-state index in [2.05, 4.69) is 55.9 Å². The van der Waals surface area contributed by atoms with Crippen LogP contribution in [0.25, 0.3) is 11.3 Å². The average Bonchev–Trinajstić information content (AvgIpc) is 2.92. The Labute approximate surface area is 119 Å². The largest absolute Gasteiger partial charge is 0.361 e. The van der Waals surface area contributed by atoms with Crippen molar-refractivity contribution in [3.05, 3.63) is 22.8 Å². The number of hydrogen-bond donors (Lipinski definition) is 1. The maximum absolute atomic E-state index is 4.70. The first kappa shape index (κ1) is 14.1. The molecule has 2 rings (SSSR count). The van der Waals surface area contributed by atoms with Crippen molar-refractivity contribution < 1.29 is 0 Å². The van der Waals surface area contributed by atoms with Gasteiger partial charge in [0, 0.05) is 35.4 Å². The number of rotatable bonds is 5. The highest BCUT2D eigenvalue weighted by Crippen LogP contribution is 2.29. The van der Waals surface area contributed by atoms with Crippen LogP contribution in [0.15, 0.2) is 11.4 Å². The Morgan fingerprint density at radius 2 is 2.11 bits per heavy atom. The third-order valence-electron chi connectivity index (χ3n) is 3.33. The quantitative estimate of drug-likeness (QED) is 0.882. The fourth-order valence-electron chi connectivity index (χ4n) is 2.32. The van der Waals surface area contributed by atoms with Gasteiger partial charge in [-0.2, -0.15) is 0 Å². The monoisotopic (exact) mass is 277 g/mol. The zero-order chi connectivity index (χ0) is 14.0. The molecule has 2 aromatic rings. The van der Waals surface area contributed by atoms with Crippen LogP contribution in [0.4, 0.5) is 5.13 Å². The molecule has 0 fully saturated rings. The molecule has 0 saturated carbocycles. The summed E-state index contributed by atoms with van der Waals surface area (Å²) in [5, 5.41) is 6.55. The van der Waals surface area contributed by atoms with Crippen LogP contribution < -0.4 is 5.32 Å². The van der Waals surface area contributed by atoms with Gasteiger partial charge in [0.1, 0.15) is 0 Å². The van der Waals surface area contributed by atoms with E-state index >= 15 is 0 Å². The molecule has 0 aliphatic heterocycles. The van der Waals surface area contributed by atoms with Crippen LogP contribution in [0.5, 0.6) is 0 Å². The molecule has 0 atom stereocenters. The first-order valence-electron chi connectivity index (χ1n) is 6.89. The predicted octanol–water partition coefficient (Wildman–Crippen LogP) is 4.32. The van der Waals surface area contributed by atoms with E-state index in [0.717, 1.165) is 23.9 Å². The molecule has 0 saturated heterocycles. The molecule has 0 bridgehead atoms. The van der Waals surface area contributed by atoms with Gasteiger partial charge >= 0.3 is 0 Å². The van der Waals surface area contributed by atoms with Crippen LogP contribution in [0.2, 0.25) is 0 Å². The lowest BCUT2D eigenvalue weighted by Gasteiger charge is -2.05. The van der Waals surface area contributed by atoms with Crippen molar-refractivity contribution in [1.82, 2.24) is 9.55 Å². The Morgan fingerprint density at radius 3 is 2.68 bits per heavy atom. The Bertz CT molecular complexity index is 552. The lowest BCUT2D eigenvalue weighted by molar-refractivity contribution is 0.688. The highest BCUT2D eigenvalue weighted by atomic mass is 32.1. The van der Waals surface area contributed by atoms with Gasteiger partial charge < -0.3 is 9.88 Å². The second-order valence-corrected chi connectivity index (χ2v) is 6.20. The molecule has 0 aliphatic rings. The molecule has 2 heterocycles. The van der Waals surface area contributed by atoms with E-state index in [1.54, 1.807) is 11.3 Å². The van der Waals surface area contributed by atoms with E-state index < -0.39 is 0 Å². The number of aromatic nitrogens is 2. The third kappa shape index (κ3) is 3.00. The number of aryl methyl sites for hydroxylation is 1. The number of hydrogen-bond acceptors (Lipinski definition) is 3. The predicted molar refractivity (Wildman–Crippen MR) is 84.0 cm³/mol. The molecule has 3 nitrogen and oxygen atoms in total. The zero-order valence-corrected chi connectivity index (χ0v) is 13.3. The Morgan fingerprint density at radius 1 is 1.37 bits per heavy atom. The molecule has 4 heteroatoms. The fraction of sp³-hybridized carbons (Fsp3) is 0.533. The Balaban J connectivity index is 2.23. The molecule has 0 aliphatic carbocycles. The van der Waals surface area contributed by atoms with E-state index in [-0.39, 0.29) is 0 Å². The summed E-state index contributed by atoms with van der Waals surface area (Å²) in [6, 6.07) is 2.24. The number of nitrogens with zero attached hydrogens (tertiary/aromatic N) is 2. The molecule has 0 radical (unpaired) electrons. The van der Waals surface area contributed by atoms with Gasteiger partial charge in [0.15, 0.2) is 5.13 Å². The summed E-state index contributed by atoms with van der Waals surface area (Å²) in [6.07, 6.45) is 0. The van der Waals surface area contributed by atoms with E-state index in [1.807, 2.05) is 0 Å². The fourth-order valence-corrected chi connectivity index (χ4v) is 3.04. The highest BCUT2D eigenvalue weighted by molar-refractivity contribution is 7.14. The summed E-state index contributed by atoms with van der Waals surface area (Å²) in [7, 11) is 0. The highest BCUT2D eigenvalue weighted by Gasteiger charge is 2.12. The minimum absolute atomic E-state index is 0.637. The standard InChI is InChI=1S/C15H23N3S/c1-6-18-11(4)7-13(12(18)5)14-9-19-15(17-14)16-8-10(2)3/h7,9-10H,6,8H2,1-5H3,(H,16,17). The van der Waals surface area contributed by atoms with Crippen molar-refractivity contribution in [2.24, 2.45) is 5.92 Å². The van der Waals surface area contributed by atoms with Crippen molar-refractivity contribution in [3.63, 3.8) is 0 Å². The maximum Gasteiger partial charge on any atom is 0.183 e. The van der Waals surface area contributed by atoms with Gasteiger partial charge in [-0.3, -0.25) is 0 Å². The summed E-state index contributed by atoms with van der Waals surface area (Å²) < 4.78 is 2.33. The second kappa shape index (κ2) is 5.78. The molecule has 0 unspecified atom stereocenters. The molecule has 0 spiro atoms. The van der Waals surface area contributed by atoms with Crippen molar-refractivity contribution in [2.45, 2.75) is 41.2 Å². The van der Waals surface area contributed by atoms with Crippen LogP contribution in [-0.4, -0.2) is 16.1 Å². The van der Waals surface area contributed by atoms with Gasteiger partial charge in [0.2, 0.25) is 0 Å². The van der Waals surface area contributed by atoms with E-state index in [4.69, 9.17) is 4.98 Å². The first-order chi connectivity index (χ1) is 9.02. The van der Waals surface area contributed by atoms with Crippen LogP contribution in [-0.2, 0) is 6.54 Å². The number of anilines is 1. The summed E-state index contributed by atoms with van der Waals surface area (Å²) in [5.41, 5.74) is 4.96. The summed E-state index contributed by atoms with van der Waals surface area (Å²) in [4.78, 5) is 4.70. The van der Waals surface area contributed by atoms with Gasteiger partial charge in [0.05, 0.1) is 5.69 Å². The molecule has 19 heavy (non-hydrogen) atoms. The normalized spacial score (nSPS) is 11.3. The second-order valence-electron chi connectivity index (χ2n) is 5.34. The molecule has 0 amide bonds. The van der Waals surface area contributed by atoms with Crippen molar-refractivity contribution in [3.8, 4) is 11.3 Å². The summed E-state index contributed by atoms with van der Waals surface area (Å²) in [5.74, 6) is 0.637. The van der Waals surface area contributed by atoms with Gasteiger partial charge in [-0.25, -0.2) is 4.98 Å². The van der Waals surface area contributed by atoms with Gasteiger partial charge in [0.25, 0.3) is 0 Å². The van der Waals surface area contributed by atoms with E-state index in [1.165, 1.54) is 17.0 Å². The van der Waals surface area contributed by atoms with E-state index in [0.29, 0.717) is 5.92 Å². The SMILES string of the molecule is CCn1c(C)cc(-c2csc(NCC(C)C)n2)c1C. The van der Waals surface area contributed by atoms with Crippen LogP contribution in [0, 0.1) is 19.8 Å². The molecule has 1 N–H and O–H groups in total.